The molecule has 1 aliphatic carbocycles. The zero-order chi connectivity index (χ0) is 14.3. The molecular weight excluding hydrogens is 248 g/mol. The molecule has 0 bridgehead atoms. The molecule has 0 unspecified atom stereocenters. The summed E-state index contributed by atoms with van der Waals surface area (Å²) in [4.78, 5) is 0. The summed E-state index contributed by atoms with van der Waals surface area (Å²) in [7, 11) is 0. The first-order valence-corrected chi connectivity index (χ1v) is 7.84. The van der Waals surface area contributed by atoms with Gasteiger partial charge >= 0.3 is 0 Å². The Balaban J connectivity index is 2.61. The molecule has 0 saturated heterocycles. The van der Waals surface area contributed by atoms with Gasteiger partial charge in [-0.05, 0) is 52.8 Å². The van der Waals surface area contributed by atoms with Crippen molar-refractivity contribution < 1.29 is 0 Å². The number of thiol groups is 1. The predicted molar refractivity (Wildman–Crippen MR) is 89.4 cm³/mol. The second kappa shape index (κ2) is 5.01. The molecule has 1 aromatic rings. The van der Waals surface area contributed by atoms with Gasteiger partial charge in [0, 0.05) is 5.75 Å². The minimum Gasteiger partial charge on any atom is -0.175 e. The number of hydrogen-bond acceptors (Lipinski definition) is 1. The van der Waals surface area contributed by atoms with Crippen LogP contribution >= 0.6 is 12.6 Å². The van der Waals surface area contributed by atoms with Crippen LogP contribution in [-0.2, 0) is 10.8 Å². The van der Waals surface area contributed by atoms with Gasteiger partial charge in [0.2, 0.25) is 0 Å². The van der Waals surface area contributed by atoms with Crippen LogP contribution in [0.1, 0.15) is 62.8 Å². The summed E-state index contributed by atoms with van der Waals surface area (Å²) in [6, 6.07) is 4.82. The summed E-state index contributed by atoms with van der Waals surface area (Å²) in [6.45, 7) is 11.7. The van der Waals surface area contributed by atoms with Crippen molar-refractivity contribution >= 4 is 18.7 Å². The summed E-state index contributed by atoms with van der Waals surface area (Å²) in [5.74, 6) is 0.797. The Kier molecular flexibility index (Phi) is 3.88. The summed E-state index contributed by atoms with van der Waals surface area (Å²) in [6.07, 6.45) is 6.88. The molecule has 0 aliphatic heterocycles. The molecular formula is C18H26S. The van der Waals surface area contributed by atoms with Crippen molar-refractivity contribution in [3.63, 3.8) is 0 Å². The van der Waals surface area contributed by atoms with Crippen molar-refractivity contribution in [2.75, 3.05) is 5.75 Å². The molecule has 0 nitrogen and oxygen atoms in total. The van der Waals surface area contributed by atoms with Crippen molar-refractivity contribution in [3.8, 4) is 0 Å². The van der Waals surface area contributed by atoms with E-state index < -0.39 is 0 Å². The van der Waals surface area contributed by atoms with Gasteiger partial charge in [0.1, 0.15) is 0 Å². The molecule has 0 aromatic heterocycles. The number of aryl methyl sites for hydroxylation is 1. The fourth-order valence-corrected chi connectivity index (χ4v) is 3.20. The average molecular weight is 274 g/mol. The van der Waals surface area contributed by atoms with Crippen LogP contribution in [0.2, 0.25) is 0 Å². The summed E-state index contributed by atoms with van der Waals surface area (Å²) in [5.41, 5.74) is 6.40. The Morgan fingerprint density at radius 3 is 2.11 bits per heavy atom. The Morgan fingerprint density at radius 2 is 1.58 bits per heavy atom. The third kappa shape index (κ3) is 2.76. The van der Waals surface area contributed by atoms with Gasteiger partial charge in [-0.2, -0.15) is 12.6 Å². The van der Waals surface area contributed by atoms with Gasteiger partial charge in [0.05, 0.1) is 0 Å². The summed E-state index contributed by atoms with van der Waals surface area (Å²) < 4.78 is 0. The molecule has 1 heteroatoms. The quantitative estimate of drug-likeness (QED) is 0.696. The van der Waals surface area contributed by atoms with Crippen molar-refractivity contribution in [1.82, 2.24) is 0 Å². The van der Waals surface area contributed by atoms with Gasteiger partial charge in [0.15, 0.2) is 0 Å². The van der Waals surface area contributed by atoms with E-state index in [1.807, 2.05) is 0 Å². The first-order valence-electron chi connectivity index (χ1n) is 7.21. The Bertz CT molecular complexity index is 507. The highest BCUT2D eigenvalue weighted by molar-refractivity contribution is 7.80. The Labute approximate surface area is 123 Å². The smallest absolute Gasteiger partial charge is 0.00858 e. The largest absolute Gasteiger partial charge is 0.175 e. The summed E-state index contributed by atoms with van der Waals surface area (Å²) >= 11 is 4.26. The molecule has 2 rings (SSSR count). The van der Waals surface area contributed by atoms with E-state index in [-0.39, 0.29) is 0 Å². The van der Waals surface area contributed by atoms with Gasteiger partial charge < -0.3 is 0 Å². The molecule has 104 valence electrons. The number of hydrogen-bond donors (Lipinski definition) is 1. The molecule has 0 radical (unpaired) electrons. The van der Waals surface area contributed by atoms with Crippen LogP contribution in [0.5, 0.6) is 0 Å². The van der Waals surface area contributed by atoms with Crippen LogP contribution in [-0.4, -0.2) is 5.75 Å². The number of fused-ring (bicyclic) bond motifs is 1. The first-order chi connectivity index (χ1) is 8.78. The molecule has 0 spiro atoms. The average Bonchev–Trinajstić information content (AvgIpc) is 2.33. The second-order valence-corrected chi connectivity index (χ2v) is 7.47. The minimum absolute atomic E-state index is 0.294. The van der Waals surface area contributed by atoms with Crippen molar-refractivity contribution in [3.05, 3.63) is 40.5 Å². The highest BCUT2D eigenvalue weighted by Gasteiger charge is 2.37. The maximum absolute atomic E-state index is 4.26. The van der Waals surface area contributed by atoms with Crippen LogP contribution in [0.3, 0.4) is 0 Å². The third-order valence-corrected chi connectivity index (χ3v) is 4.85. The summed E-state index contributed by atoms with van der Waals surface area (Å²) in [5, 5.41) is 0. The van der Waals surface area contributed by atoms with Crippen molar-refractivity contribution in [1.29, 1.82) is 0 Å². The molecule has 1 aromatic carbocycles. The lowest BCUT2D eigenvalue weighted by Gasteiger charge is -2.42. The van der Waals surface area contributed by atoms with Gasteiger partial charge in [-0.25, -0.2) is 0 Å². The van der Waals surface area contributed by atoms with E-state index in [2.05, 4.69) is 71.5 Å². The number of benzene rings is 1. The highest BCUT2D eigenvalue weighted by Crippen LogP contribution is 2.46. The van der Waals surface area contributed by atoms with Crippen LogP contribution in [0.15, 0.2) is 18.2 Å². The van der Waals surface area contributed by atoms with E-state index in [9.17, 15) is 0 Å². The topological polar surface area (TPSA) is 0 Å². The van der Waals surface area contributed by atoms with E-state index in [4.69, 9.17) is 0 Å². The van der Waals surface area contributed by atoms with Crippen LogP contribution in [0.4, 0.5) is 0 Å². The van der Waals surface area contributed by atoms with Crippen molar-refractivity contribution in [2.24, 2.45) is 0 Å². The maximum Gasteiger partial charge on any atom is 0.00858 e. The van der Waals surface area contributed by atoms with Gasteiger partial charge in [-0.15, -0.1) is 0 Å². The van der Waals surface area contributed by atoms with Crippen LogP contribution < -0.4 is 0 Å². The van der Waals surface area contributed by atoms with Crippen LogP contribution in [0.25, 0.3) is 6.08 Å². The van der Waals surface area contributed by atoms with Gasteiger partial charge in [-0.3, -0.25) is 0 Å². The lowest BCUT2D eigenvalue weighted by Crippen LogP contribution is -2.34. The first kappa shape index (κ1) is 14.7. The van der Waals surface area contributed by atoms with E-state index in [1.54, 1.807) is 5.56 Å². The molecule has 0 N–H and O–H groups in total. The lowest BCUT2D eigenvalue weighted by molar-refractivity contribution is 0.331. The SMILES string of the molecule is Cc1cc2c(cc1C=CCS)C(C)(C)CCC2(C)C. The highest BCUT2D eigenvalue weighted by atomic mass is 32.1. The molecule has 0 fully saturated rings. The fraction of sp³-hybridized carbons (Fsp3) is 0.556. The van der Waals surface area contributed by atoms with Crippen molar-refractivity contribution in [2.45, 2.75) is 58.3 Å². The van der Waals surface area contributed by atoms with E-state index >= 15 is 0 Å². The number of rotatable bonds is 2. The Hall–Kier alpha value is -0.690. The standard InChI is InChI=1S/C18H26S/c1-13-11-15-16(12-14(13)7-6-10-19)18(4,5)9-8-17(15,2)3/h6-7,11-12,19H,8-10H2,1-5H3. The zero-order valence-corrected chi connectivity index (χ0v) is 13.8. The van der Waals surface area contributed by atoms with E-state index in [1.165, 1.54) is 29.5 Å². The monoisotopic (exact) mass is 274 g/mol. The molecule has 0 amide bonds. The molecule has 1 aliphatic rings. The maximum atomic E-state index is 4.26. The zero-order valence-electron chi connectivity index (χ0n) is 12.9. The molecule has 0 atom stereocenters. The third-order valence-electron chi connectivity index (χ3n) is 4.64. The second-order valence-electron chi connectivity index (χ2n) is 7.11. The van der Waals surface area contributed by atoms with E-state index in [0.29, 0.717) is 10.8 Å². The molecule has 19 heavy (non-hydrogen) atoms. The van der Waals surface area contributed by atoms with E-state index in [0.717, 1.165) is 5.75 Å². The minimum atomic E-state index is 0.294. The lowest BCUT2D eigenvalue weighted by atomic mass is 9.62. The molecule has 0 saturated carbocycles. The normalized spacial score (nSPS) is 20.5. The fourth-order valence-electron chi connectivity index (χ4n) is 3.10. The van der Waals surface area contributed by atoms with Crippen LogP contribution in [0, 0.1) is 6.92 Å². The molecule has 0 heterocycles. The van der Waals surface area contributed by atoms with Gasteiger partial charge in [0.25, 0.3) is 0 Å². The van der Waals surface area contributed by atoms with Gasteiger partial charge in [-0.1, -0.05) is 52.0 Å². The Morgan fingerprint density at radius 1 is 1.05 bits per heavy atom. The predicted octanol–water partition coefficient (Wildman–Crippen LogP) is 5.29.